The fraction of sp³-hybridized carbons (Fsp3) is 0.235. The molecule has 0 fully saturated rings. The third-order valence-electron chi connectivity index (χ3n) is 3.48. The monoisotopic (exact) mass is 332 g/mol. The van der Waals surface area contributed by atoms with E-state index in [0.29, 0.717) is 18.4 Å². The van der Waals surface area contributed by atoms with E-state index in [4.69, 9.17) is 5.14 Å². The van der Waals surface area contributed by atoms with Crippen molar-refractivity contribution in [1.82, 2.24) is 5.32 Å². The quantitative estimate of drug-likeness (QED) is 0.846. The Morgan fingerprint density at radius 3 is 2.43 bits per heavy atom. The number of nitrogens with two attached hydrogens (primary N) is 1. The van der Waals surface area contributed by atoms with Crippen LogP contribution in [-0.4, -0.2) is 14.3 Å². The first-order chi connectivity index (χ1) is 10.8. The van der Waals surface area contributed by atoms with Gasteiger partial charge in [0, 0.05) is 13.0 Å². The van der Waals surface area contributed by atoms with Crippen LogP contribution < -0.4 is 10.5 Å². The molecule has 3 N–H and O–H groups in total. The summed E-state index contributed by atoms with van der Waals surface area (Å²) in [7, 11) is -3.73. The van der Waals surface area contributed by atoms with E-state index in [9.17, 15) is 13.2 Å². The molecule has 122 valence electrons. The second kappa shape index (κ2) is 7.39. The standard InChI is InChI=1S/C17H20N2O3S/c1-13-5-7-14(8-6-13)9-10-17(20)19-12-15-3-2-4-16(11-15)23(18,21)22/h2-8,11H,9-10,12H2,1H3,(H,19,20)(H2,18,21,22). The Hall–Kier alpha value is -2.18. The highest BCUT2D eigenvalue weighted by atomic mass is 32.2. The number of amides is 1. The van der Waals surface area contributed by atoms with Crippen molar-refractivity contribution in [2.24, 2.45) is 5.14 Å². The van der Waals surface area contributed by atoms with Gasteiger partial charge in [0.25, 0.3) is 0 Å². The summed E-state index contributed by atoms with van der Waals surface area (Å²) in [6.07, 6.45) is 1.06. The highest BCUT2D eigenvalue weighted by Crippen LogP contribution is 2.10. The maximum atomic E-state index is 11.9. The molecule has 23 heavy (non-hydrogen) atoms. The van der Waals surface area contributed by atoms with Crippen LogP contribution in [0.5, 0.6) is 0 Å². The average Bonchev–Trinajstić information content (AvgIpc) is 2.52. The second-order valence-corrected chi connectivity index (χ2v) is 7.02. The maximum absolute atomic E-state index is 11.9. The van der Waals surface area contributed by atoms with E-state index >= 15 is 0 Å². The fourth-order valence-electron chi connectivity index (χ4n) is 2.13. The minimum atomic E-state index is -3.73. The van der Waals surface area contributed by atoms with Gasteiger partial charge in [0.15, 0.2) is 0 Å². The molecule has 0 saturated carbocycles. The minimum Gasteiger partial charge on any atom is -0.352 e. The van der Waals surface area contributed by atoms with E-state index in [-0.39, 0.29) is 17.3 Å². The molecule has 1 amide bonds. The molecule has 6 heteroatoms. The second-order valence-electron chi connectivity index (χ2n) is 5.45. The van der Waals surface area contributed by atoms with Crippen LogP contribution in [-0.2, 0) is 27.8 Å². The molecule has 0 heterocycles. The lowest BCUT2D eigenvalue weighted by atomic mass is 10.1. The summed E-state index contributed by atoms with van der Waals surface area (Å²) in [5, 5.41) is 7.87. The molecule has 0 atom stereocenters. The highest BCUT2D eigenvalue weighted by Gasteiger charge is 2.08. The molecule has 0 saturated heterocycles. The Labute approximate surface area is 136 Å². The van der Waals surface area contributed by atoms with E-state index < -0.39 is 10.0 Å². The first kappa shape index (κ1) is 17.2. The van der Waals surface area contributed by atoms with Crippen LogP contribution >= 0.6 is 0 Å². The normalized spacial score (nSPS) is 11.2. The van der Waals surface area contributed by atoms with Gasteiger partial charge in [0.2, 0.25) is 15.9 Å². The zero-order valence-corrected chi connectivity index (χ0v) is 13.8. The lowest BCUT2D eigenvalue weighted by molar-refractivity contribution is -0.121. The van der Waals surface area contributed by atoms with Crippen LogP contribution in [0.2, 0.25) is 0 Å². The summed E-state index contributed by atoms with van der Waals surface area (Å²) in [5.74, 6) is -0.0772. The molecule has 2 rings (SSSR count). The topological polar surface area (TPSA) is 89.3 Å². The number of hydrogen-bond donors (Lipinski definition) is 2. The molecular weight excluding hydrogens is 312 g/mol. The maximum Gasteiger partial charge on any atom is 0.238 e. The third kappa shape index (κ3) is 5.50. The highest BCUT2D eigenvalue weighted by molar-refractivity contribution is 7.89. The number of rotatable bonds is 6. The van der Waals surface area contributed by atoms with E-state index in [0.717, 1.165) is 5.56 Å². The van der Waals surface area contributed by atoms with Crippen molar-refractivity contribution >= 4 is 15.9 Å². The Morgan fingerprint density at radius 2 is 1.78 bits per heavy atom. The summed E-state index contributed by atoms with van der Waals surface area (Å²) in [6.45, 7) is 2.29. The van der Waals surface area contributed by atoms with Gasteiger partial charge in [0.1, 0.15) is 0 Å². The number of aryl methyl sites for hydroxylation is 2. The molecule has 0 spiro atoms. The minimum absolute atomic E-state index is 0.0453. The van der Waals surface area contributed by atoms with Crippen molar-refractivity contribution < 1.29 is 13.2 Å². The van der Waals surface area contributed by atoms with Gasteiger partial charge in [-0.3, -0.25) is 4.79 Å². The van der Waals surface area contributed by atoms with Crippen LogP contribution in [0.25, 0.3) is 0 Å². The predicted octanol–water partition coefficient (Wildman–Crippen LogP) is 1.89. The van der Waals surface area contributed by atoms with Gasteiger partial charge in [-0.1, -0.05) is 42.0 Å². The Balaban J connectivity index is 1.86. The van der Waals surface area contributed by atoms with E-state index in [1.54, 1.807) is 12.1 Å². The number of sulfonamides is 1. The summed E-state index contributed by atoms with van der Waals surface area (Å²) in [6, 6.07) is 14.3. The first-order valence-corrected chi connectivity index (χ1v) is 8.83. The van der Waals surface area contributed by atoms with Gasteiger partial charge < -0.3 is 5.32 Å². The van der Waals surface area contributed by atoms with Crippen molar-refractivity contribution in [3.8, 4) is 0 Å². The van der Waals surface area contributed by atoms with Crippen LogP contribution in [0, 0.1) is 6.92 Å². The van der Waals surface area contributed by atoms with Crippen molar-refractivity contribution in [3.63, 3.8) is 0 Å². The number of benzene rings is 2. The molecule has 0 unspecified atom stereocenters. The lowest BCUT2D eigenvalue weighted by Gasteiger charge is -2.07. The number of hydrogen-bond acceptors (Lipinski definition) is 3. The molecule has 2 aromatic carbocycles. The molecule has 0 radical (unpaired) electrons. The number of carbonyl (C=O) groups is 1. The van der Waals surface area contributed by atoms with Crippen molar-refractivity contribution in [1.29, 1.82) is 0 Å². The first-order valence-electron chi connectivity index (χ1n) is 7.28. The van der Waals surface area contributed by atoms with Crippen LogP contribution in [0.15, 0.2) is 53.4 Å². The van der Waals surface area contributed by atoms with Gasteiger partial charge in [-0.25, -0.2) is 13.6 Å². The molecule has 0 aliphatic carbocycles. The zero-order chi connectivity index (χ0) is 16.9. The predicted molar refractivity (Wildman–Crippen MR) is 89.2 cm³/mol. The Morgan fingerprint density at radius 1 is 1.09 bits per heavy atom. The molecule has 2 aromatic rings. The fourth-order valence-corrected chi connectivity index (χ4v) is 2.72. The van der Waals surface area contributed by atoms with Gasteiger partial charge in [-0.2, -0.15) is 0 Å². The Bertz CT molecular complexity index is 784. The third-order valence-corrected chi connectivity index (χ3v) is 4.39. The van der Waals surface area contributed by atoms with Crippen LogP contribution in [0.1, 0.15) is 23.1 Å². The van der Waals surface area contributed by atoms with Gasteiger partial charge in [-0.15, -0.1) is 0 Å². The summed E-state index contributed by atoms with van der Waals surface area (Å²) >= 11 is 0. The number of carbonyl (C=O) groups excluding carboxylic acids is 1. The molecular formula is C17H20N2O3S. The number of nitrogens with one attached hydrogen (secondary N) is 1. The largest absolute Gasteiger partial charge is 0.352 e. The van der Waals surface area contributed by atoms with E-state index in [1.165, 1.54) is 17.7 Å². The van der Waals surface area contributed by atoms with Crippen molar-refractivity contribution in [2.75, 3.05) is 0 Å². The molecule has 0 aliphatic heterocycles. The zero-order valence-electron chi connectivity index (χ0n) is 13.0. The van der Waals surface area contributed by atoms with Gasteiger partial charge >= 0.3 is 0 Å². The number of primary sulfonamides is 1. The lowest BCUT2D eigenvalue weighted by Crippen LogP contribution is -2.23. The molecule has 0 bridgehead atoms. The summed E-state index contributed by atoms with van der Waals surface area (Å²) < 4.78 is 22.6. The molecule has 0 aromatic heterocycles. The summed E-state index contributed by atoms with van der Waals surface area (Å²) in [5.41, 5.74) is 3.00. The smallest absolute Gasteiger partial charge is 0.238 e. The van der Waals surface area contributed by atoms with Crippen molar-refractivity contribution in [3.05, 3.63) is 65.2 Å². The Kier molecular flexibility index (Phi) is 5.52. The van der Waals surface area contributed by atoms with Crippen LogP contribution in [0.4, 0.5) is 0 Å². The molecule has 0 aliphatic rings. The van der Waals surface area contributed by atoms with E-state index in [1.807, 2.05) is 31.2 Å². The van der Waals surface area contributed by atoms with E-state index in [2.05, 4.69) is 5.32 Å². The van der Waals surface area contributed by atoms with Crippen molar-refractivity contribution in [2.45, 2.75) is 31.2 Å². The van der Waals surface area contributed by atoms with Gasteiger partial charge in [0.05, 0.1) is 4.90 Å². The van der Waals surface area contributed by atoms with Crippen LogP contribution in [0.3, 0.4) is 0 Å². The average molecular weight is 332 g/mol. The molecule has 5 nitrogen and oxygen atoms in total. The van der Waals surface area contributed by atoms with Gasteiger partial charge in [-0.05, 0) is 36.6 Å². The summed E-state index contributed by atoms with van der Waals surface area (Å²) in [4.78, 5) is 11.9. The SMILES string of the molecule is Cc1ccc(CCC(=O)NCc2cccc(S(N)(=O)=O)c2)cc1.